The third kappa shape index (κ3) is 76.1. The second-order valence-corrected chi connectivity index (χ2v) is 33.4. The summed E-state index contributed by atoms with van der Waals surface area (Å²) in [5.74, 6) is -0.496. The number of hydrogen-bond donors (Lipinski definition) is 3. The molecular formula is C82H160O17P2. The molecule has 0 aliphatic carbocycles. The van der Waals surface area contributed by atoms with E-state index in [4.69, 9.17) is 37.0 Å². The van der Waals surface area contributed by atoms with Gasteiger partial charge in [0.1, 0.15) is 19.3 Å². The van der Waals surface area contributed by atoms with Crippen LogP contribution in [0.1, 0.15) is 433 Å². The fourth-order valence-electron chi connectivity index (χ4n) is 12.7. The lowest BCUT2D eigenvalue weighted by Crippen LogP contribution is -2.30. The monoisotopic (exact) mass is 1480 g/mol. The van der Waals surface area contributed by atoms with Crippen LogP contribution in [0.25, 0.3) is 0 Å². The minimum atomic E-state index is -4.96. The van der Waals surface area contributed by atoms with Gasteiger partial charge in [-0.25, -0.2) is 9.13 Å². The highest BCUT2D eigenvalue weighted by atomic mass is 31.2. The van der Waals surface area contributed by atoms with Gasteiger partial charge in [-0.05, 0) is 37.5 Å². The molecular weight excluding hydrogens is 1320 g/mol. The van der Waals surface area contributed by atoms with Crippen LogP contribution in [0, 0.1) is 11.8 Å². The van der Waals surface area contributed by atoms with Gasteiger partial charge in [-0.1, -0.05) is 382 Å². The van der Waals surface area contributed by atoms with Gasteiger partial charge in [0.15, 0.2) is 12.2 Å². The zero-order valence-electron chi connectivity index (χ0n) is 66.2. The summed E-state index contributed by atoms with van der Waals surface area (Å²) in [6.45, 7) is 9.70. The van der Waals surface area contributed by atoms with Crippen molar-refractivity contribution in [1.29, 1.82) is 0 Å². The highest BCUT2D eigenvalue weighted by molar-refractivity contribution is 7.47. The van der Waals surface area contributed by atoms with Gasteiger partial charge >= 0.3 is 39.5 Å². The van der Waals surface area contributed by atoms with Crippen molar-refractivity contribution >= 4 is 39.5 Å². The number of aliphatic hydroxyl groups excluding tert-OH is 1. The summed E-state index contributed by atoms with van der Waals surface area (Å²) >= 11 is 0. The third-order valence-electron chi connectivity index (χ3n) is 19.2. The molecule has 0 aromatic rings. The predicted octanol–water partition coefficient (Wildman–Crippen LogP) is 24.7. The molecule has 0 aromatic carbocycles. The number of esters is 4. The average Bonchev–Trinajstić information content (AvgIpc) is 1.99. The molecule has 2 unspecified atom stereocenters. The number of phosphoric ester groups is 2. The number of carbonyl (C=O) groups is 4. The molecule has 0 spiro atoms. The quantitative estimate of drug-likeness (QED) is 0.0222. The molecule has 0 saturated carbocycles. The van der Waals surface area contributed by atoms with Gasteiger partial charge in [-0.2, -0.15) is 0 Å². The van der Waals surface area contributed by atoms with Gasteiger partial charge in [0.2, 0.25) is 0 Å². The lowest BCUT2D eigenvalue weighted by atomic mass is 10.0. The van der Waals surface area contributed by atoms with E-state index >= 15 is 0 Å². The molecule has 3 N–H and O–H groups in total. The van der Waals surface area contributed by atoms with E-state index in [9.17, 15) is 43.2 Å². The summed E-state index contributed by atoms with van der Waals surface area (Å²) in [5, 5.41) is 10.7. The van der Waals surface area contributed by atoms with Gasteiger partial charge in [0.25, 0.3) is 0 Å². The summed E-state index contributed by atoms with van der Waals surface area (Å²) < 4.78 is 68.8. The molecule has 5 atom stereocenters. The van der Waals surface area contributed by atoms with Gasteiger partial charge in [0, 0.05) is 25.7 Å². The molecule has 0 saturated heterocycles. The second-order valence-electron chi connectivity index (χ2n) is 30.5. The maximum absolute atomic E-state index is 13.1. The van der Waals surface area contributed by atoms with Crippen molar-refractivity contribution in [2.24, 2.45) is 11.8 Å². The topological polar surface area (TPSA) is 237 Å². The Bertz CT molecular complexity index is 1940. The van der Waals surface area contributed by atoms with Gasteiger partial charge in [-0.15, -0.1) is 0 Å². The van der Waals surface area contributed by atoms with Crippen molar-refractivity contribution in [3.8, 4) is 0 Å². The Kier molecular flexibility index (Phi) is 72.2. The van der Waals surface area contributed by atoms with E-state index in [2.05, 4.69) is 41.5 Å². The van der Waals surface area contributed by atoms with E-state index in [-0.39, 0.29) is 25.7 Å². The van der Waals surface area contributed by atoms with E-state index in [0.29, 0.717) is 25.7 Å². The van der Waals surface area contributed by atoms with Crippen LogP contribution in [-0.4, -0.2) is 96.7 Å². The molecule has 0 aliphatic rings. The summed E-state index contributed by atoms with van der Waals surface area (Å²) in [5.41, 5.74) is 0. The van der Waals surface area contributed by atoms with E-state index in [0.717, 1.165) is 102 Å². The Balaban J connectivity index is 5.25. The minimum absolute atomic E-state index is 0.108. The lowest BCUT2D eigenvalue weighted by molar-refractivity contribution is -0.161. The number of ether oxygens (including phenoxy) is 4. The maximum Gasteiger partial charge on any atom is 0.472 e. The first kappa shape index (κ1) is 99.1. The van der Waals surface area contributed by atoms with Crippen molar-refractivity contribution < 1.29 is 80.2 Å². The summed E-state index contributed by atoms with van der Waals surface area (Å²) in [7, 11) is -9.92. The number of rotatable bonds is 81. The first-order chi connectivity index (χ1) is 48.9. The standard InChI is InChI=1S/C82H160O17P2/c1-7-9-11-13-15-17-19-20-29-36-42-48-54-60-66-81(86)98-77(70-92-79(84)64-58-52-46-40-32-18-16-14-12-10-8-2)72-96-100(88,89)94-68-76(83)69-95-101(90,91)97-73-78(99-82(87)67-61-55-49-43-37-31-26-22-24-28-34-39-45-51-57-63-75(5)6)71-93-80(85)65-59-53-47-41-35-30-25-21-23-27-33-38-44-50-56-62-74(3)4/h74-78,83H,7-73H2,1-6H3,(H,88,89)(H,90,91)/t76-,77+,78+/m0/s1. The molecule has 0 heterocycles. The molecule has 19 heteroatoms. The fraction of sp³-hybridized carbons (Fsp3) is 0.951. The van der Waals surface area contributed by atoms with Crippen molar-refractivity contribution in [3.63, 3.8) is 0 Å². The summed E-state index contributed by atoms with van der Waals surface area (Å²) in [6, 6.07) is 0. The largest absolute Gasteiger partial charge is 0.472 e. The second kappa shape index (κ2) is 73.6. The van der Waals surface area contributed by atoms with E-state index in [1.165, 1.54) is 250 Å². The van der Waals surface area contributed by atoms with E-state index in [1.807, 2.05) is 0 Å². The van der Waals surface area contributed by atoms with E-state index < -0.39 is 97.5 Å². The van der Waals surface area contributed by atoms with Crippen LogP contribution in [0.2, 0.25) is 0 Å². The SMILES string of the molecule is CCCCCCCCCCCCCCCCC(=O)O[C@H](COC(=O)CCCCCCCCCCCCC)COP(=O)(O)OC[C@H](O)COP(=O)(O)OC[C@@H](COC(=O)CCCCCCCCCCCCCCCCCC(C)C)OC(=O)CCCCCCCCCCCCCCCCCC(C)C. The normalized spacial score (nSPS) is 13.9. The number of aliphatic hydroxyl groups is 1. The third-order valence-corrected chi connectivity index (χ3v) is 21.1. The molecule has 0 fully saturated rings. The molecule has 0 rings (SSSR count). The number of unbranched alkanes of at least 4 members (excludes halogenated alkanes) is 51. The van der Waals surface area contributed by atoms with E-state index in [1.54, 1.807) is 0 Å². The van der Waals surface area contributed by atoms with Crippen LogP contribution < -0.4 is 0 Å². The number of hydrogen-bond acceptors (Lipinski definition) is 15. The Morgan fingerprint density at radius 3 is 0.673 bits per heavy atom. The molecule has 0 aromatic heterocycles. The van der Waals surface area contributed by atoms with Gasteiger partial charge in [-0.3, -0.25) is 37.3 Å². The maximum atomic E-state index is 13.1. The van der Waals surface area contributed by atoms with Crippen LogP contribution in [0.15, 0.2) is 0 Å². The smallest absolute Gasteiger partial charge is 0.462 e. The molecule has 0 aliphatic heterocycles. The van der Waals surface area contributed by atoms with Crippen molar-refractivity contribution in [1.82, 2.24) is 0 Å². The van der Waals surface area contributed by atoms with Crippen molar-refractivity contribution in [2.45, 2.75) is 452 Å². The predicted molar refractivity (Wildman–Crippen MR) is 414 cm³/mol. The van der Waals surface area contributed by atoms with Crippen molar-refractivity contribution in [2.75, 3.05) is 39.6 Å². The molecule has 600 valence electrons. The van der Waals surface area contributed by atoms with Crippen LogP contribution >= 0.6 is 15.6 Å². The average molecular weight is 1480 g/mol. The van der Waals surface area contributed by atoms with Gasteiger partial charge in [0.05, 0.1) is 26.4 Å². The van der Waals surface area contributed by atoms with Gasteiger partial charge < -0.3 is 33.8 Å². The van der Waals surface area contributed by atoms with Crippen LogP contribution in [0.3, 0.4) is 0 Å². The Morgan fingerprint density at radius 1 is 0.267 bits per heavy atom. The molecule has 0 amide bonds. The molecule has 17 nitrogen and oxygen atoms in total. The first-order valence-electron chi connectivity index (χ1n) is 42.5. The zero-order valence-corrected chi connectivity index (χ0v) is 68.0. The zero-order chi connectivity index (χ0) is 74.2. The highest BCUT2D eigenvalue weighted by Crippen LogP contribution is 2.45. The summed E-state index contributed by atoms with van der Waals surface area (Å²) in [4.78, 5) is 73.1. The minimum Gasteiger partial charge on any atom is -0.462 e. The number of carbonyl (C=O) groups excluding carboxylic acids is 4. The first-order valence-corrected chi connectivity index (χ1v) is 45.5. The molecule has 101 heavy (non-hydrogen) atoms. The number of phosphoric acid groups is 2. The van der Waals surface area contributed by atoms with Crippen molar-refractivity contribution in [3.05, 3.63) is 0 Å². The molecule has 0 bridgehead atoms. The van der Waals surface area contributed by atoms with Crippen LogP contribution in [0.5, 0.6) is 0 Å². The highest BCUT2D eigenvalue weighted by Gasteiger charge is 2.30. The summed E-state index contributed by atoms with van der Waals surface area (Å²) in [6.07, 6.45) is 63.7. The Hall–Kier alpha value is -1.94. The fourth-order valence-corrected chi connectivity index (χ4v) is 14.3. The Morgan fingerprint density at radius 2 is 0.455 bits per heavy atom. The van der Waals surface area contributed by atoms with Crippen LogP contribution in [0.4, 0.5) is 0 Å². The van der Waals surface area contributed by atoms with Crippen LogP contribution in [-0.2, 0) is 65.4 Å². The Labute approximate surface area is 619 Å². The molecule has 0 radical (unpaired) electrons. The lowest BCUT2D eigenvalue weighted by Gasteiger charge is -2.21.